The third-order valence-electron chi connectivity index (χ3n) is 3.97. The van der Waals surface area contributed by atoms with Crippen LogP contribution in [0.25, 0.3) is 10.9 Å². The van der Waals surface area contributed by atoms with Gasteiger partial charge >= 0.3 is 6.18 Å². The zero-order valence-electron chi connectivity index (χ0n) is 14.0. The summed E-state index contributed by atoms with van der Waals surface area (Å²) in [5.41, 5.74) is 1.88. The van der Waals surface area contributed by atoms with Gasteiger partial charge in [0, 0.05) is 35.5 Å². The van der Waals surface area contributed by atoms with Crippen molar-refractivity contribution in [1.29, 1.82) is 0 Å². The highest BCUT2D eigenvalue weighted by molar-refractivity contribution is 5.87. The molecule has 2 N–H and O–H groups in total. The number of benzene rings is 1. The van der Waals surface area contributed by atoms with E-state index in [-0.39, 0.29) is 5.82 Å². The molecule has 3 rings (SSSR count). The van der Waals surface area contributed by atoms with Crippen LogP contribution in [-0.2, 0) is 12.6 Å². The topological polar surface area (TPSA) is 44.0 Å². The lowest BCUT2D eigenvalue weighted by Crippen LogP contribution is -2.14. The fraction of sp³-hybridized carbons (Fsp3) is 0.278. The van der Waals surface area contributed by atoms with Gasteiger partial charge in [-0.1, -0.05) is 0 Å². The van der Waals surface area contributed by atoms with Crippen molar-refractivity contribution in [3.8, 4) is 0 Å². The minimum absolute atomic E-state index is 0.195. The summed E-state index contributed by atoms with van der Waals surface area (Å²) in [7, 11) is 4.00. The predicted molar refractivity (Wildman–Crippen MR) is 93.1 cm³/mol. The molecule has 4 nitrogen and oxygen atoms in total. The van der Waals surface area contributed by atoms with Gasteiger partial charge in [0.1, 0.15) is 5.82 Å². The molecule has 0 aliphatic rings. The Morgan fingerprint density at radius 3 is 2.72 bits per heavy atom. The van der Waals surface area contributed by atoms with E-state index in [1.54, 1.807) is 6.07 Å². The number of pyridine rings is 1. The first-order valence-corrected chi connectivity index (χ1v) is 7.88. The average molecular weight is 348 g/mol. The quantitative estimate of drug-likeness (QED) is 0.717. The molecule has 0 fully saturated rings. The summed E-state index contributed by atoms with van der Waals surface area (Å²) in [6, 6.07) is 7.75. The molecule has 2 aromatic heterocycles. The molecule has 2 heterocycles. The van der Waals surface area contributed by atoms with Gasteiger partial charge in [0.15, 0.2) is 0 Å². The number of nitrogens with zero attached hydrogens (tertiary/aromatic N) is 2. The minimum atomic E-state index is -4.45. The van der Waals surface area contributed by atoms with Gasteiger partial charge in [-0.3, -0.25) is 0 Å². The van der Waals surface area contributed by atoms with Crippen LogP contribution in [0.3, 0.4) is 0 Å². The first-order chi connectivity index (χ1) is 11.8. The molecule has 0 aliphatic carbocycles. The van der Waals surface area contributed by atoms with Crippen LogP contribution in [0.2, 0.25) is 0 Å². The van der Waals surface area contributed by atoms with Gasteiger partial charge in [0.25, 0.3) is 0 Å². The van der Waals surface area contributed by atoms with Crippen molar-refractivity contribution in [3.05, 3.63) is 53.9 Å². The molecule has 0 amide bonds. The Kier molecular flexibility index (Phi) is 4.67. The molecule has 7 heteroatoms. The van der Waals surface area contributed by atoms with E-state index in [9.17, 15) is 13.2 Å². The fourth-order valence-electron chi connectivity index (χ4n) is 2.68. The smallest absolute Gasteiger partial charge is 0.361 e. The van der Waals surface area contributed by atoms with Gasteiger partial charge in [-0.15, -0.1) is 0 Å². The number of rotatable bonds is 5. The van der Waals surface area contributed by atoms with Gasteiger partial charge in [-0.05, 0) is 56.4 Å². The van der Waals surface area contributed by atoms with Crippen LogP contribution < -0.4 is 5.32 Å². The average Bonchev–Trinajstić information content (AvgIpc) is 2.95. The molecule has 1 aromatic carbocycles. The Balaban J connectivity index is 1.91. The van der Waals surface area contributed by atoms with Crippen LogP contribution in [0.1, 0.15) is 11.1 Å². The number of hydrogen-bond donors (Lipinski definition) is 2. The largest absolute Gasteiger partial charge is 0.419 e. The first-order valence-electron chi connectivity index (χ1n) is 7.88. The normalized spacial score (nSPS) is 12.1. The van der Waals surface area contributed by atoms with Gasteiger partial charge in [-0.2, -0.15) is 13.2 Å². The Bertz CT molecular complexity index is 868. The maximum atomic E-state index is 13.1. The molecule has 132 valence electrons. The molecule has 0 atom stereocenters. The summed E-state index contributed by atoms with van der Waals surface area (Å²) in [5.74, 6) is -0.195. The van der Waals surface area contributed by atoms with Crippen molar-refractivity contribution in [2.24, 2.45) is 0 Å². The van der Waals surface area contributed by atoms with Crippen LogP contribution in [0.15, 0.2) is 42.7 Å². The molecule has 0 bridgehead atoms. The van der Waals surface area contributed by atoms with Gasteiger partial charge in [0.2, 0.25) is 0 Å². The zero-order chi connectivity index (χ0) is 18.0. The third-order valence-corrected chi connectivity index (χ3v) is 3.97. The van der Waals surface area contributed by atoms with Crippen molar-refractivity contribution >= 4 is 22.4 Å². The van der Waals surface area contributed by atoms with Gasteiger partial charge in [0.05, 0.1) is 5.56 Å². The molecule has 0 saturated heterocycles. The van der Waals surface area contributed by atoms with E-state index in [4.69, 9.17) is 0 Å². The second-order valence-corrected chi connectivity index (χ2v) is 6.15. The number of anilines is 2. The first kappa shape index (κ1) is 17.3. The number of fused-ring (bicyclic) bond motifs is 1. The second-order valence-electron chi connectivity index (χ2n) is 6.15. The Morgan fingerprint density at radius 1 is 1.20 bits per heavy atom. The molecule has 3 aromatic rings. The van der Waals surface area contributed by atoms with E-state index in [1.165, 1.54) is 12.3 Å². The molecule has 0 unspecified atom stereocenters. The SMILES string of the molecule is CN(C)CCc1c[nH]c2ccc(Nc3ncccc3C(F)(F)F)cc12. The predicted octanol–water partition coefficient (Wildman–Crippen LogP) is 4.43. The van der Waals surface area contributed by atoms with Crippen LogP contribution in [0.4, 0.5) is 24.7 Å². The lowest BCUT2D eigenvalue weighted by Gasteiger charge is -2.13. The number of aromatic amines is 1. The summed E-state index contributed by atoms with van der Waals surface area (Å²) in [5, 5.41) is 3.79. The van der Waals surface area contributed by atoms with E-state index >= 15 is 0 Å². The van der Waals surface area contributed by atoms with Crippen LogP contribution in [0, 0.1) is 0 Å². The van der Waals surface area contributed by atoms with Gasteiger partial charge < -0.3 is 15.2 Å². The minimum Gasteiger partial charge on any atom is -0.361 e. The molecule has 0 radical (unpaired) electrons. The van der Waals surface area contributed by atoms with Crippen LogP contribution >= 0.6 is 0 Å². The monoisotopic (exact) mass is 348 g/mol. The highest BCUT2D eigenvalue weighted by atomic mass is 19.4. The summed E-state index contributed by atoms with van der Waals surface area (Å²) in [4.78, 5) is 9.13. The number of alkyl halides is 3. The number of hydrogen-bond acceptors (Lipinski definition) is 3. The van der Waals surface area contributed by atoms with Crippen molar-refractivity contribution < 1.29 is 13.2 Å². The molecule has 0 aliphatic heterocycles. The Morgan fingerprint density at radius 2 is 2.00 bits per heavy atom. The lowest BCUT2D eigenvalue weighted by molar-refractivity contribution is -0.137. The lowest BCUT2D eigenvalue weighted by atomic mass is 10.1. The molecular formula is C18H19F3N4. The van der Waals surface area contributed by atoms with Crippen molar-refractivity contribution in [2.75, 3.05) is 26.0 Å². The standard InChI is InChI=1S/C18H19F3N4/c1-25(2)9-7-12-11-23-16-6-5-13(10-14(12)16)24-17-15(18(19,20)21)4-3-8-22-17/h3-6,8,10-11,23H,7,9H2,1-2H3,(H,22,24). The third kappa shape index (κ3) is 3.93. The van der Waals surface area contributed by atoms with Crippen LogP contribution in [-0.4, -0.2) is 35.5 Å². The van der Waals surface area contributed by atoms with E-state index in [0.717, 1.165) is 35.5 Å². The summed E-state index contributed by atoms with van der Waals surface area (Å²) in [6.45, 7) is 0.892. The summed E-state index contributed by atoms with van der Waals surface area (Å²) in [6.07, 6.45) is -0.311. The zero-order valence-corrected chi connectivity index (χ0v) is 14.0. The fourth-order valence-corrected chi connectivity index (χ4v) is 2.68. The highest BCUT2D eigenvalue weighted by Gasteiger charge is 2.34. The number of aromatic nitrogens is 2. The van der Waals surface area contributed by atoms with Crippen LogP contribution in [0.5, 0.6) is 0 Å². The van der Waals surface area contributed by atoms with Crippen molar-refractivity contribution in [1.82, 2.24) is 14.9 Å². The second kappa shape index (κ2) is 6.76. The summed E-state index contributed by atoms with van der Waals surface area (Å²) >= 11 is 0. The molecule has 0 spiro atoms. The maximum Gasteiger partial charge on any atom is 0.419 e. The Labute approximate surface area is 143 Å². The number of nitrogens with one attached hydrogen (secondary N) is 2. The summed E-state index contributed by atoms with van der Waals surface area (Å²) < 4.78 is 39.3. The van der Waals surface area contributed by atoms with Gasteiger partial charge in [-0.25, -0.2) is 4.98 Å². The van der Waals surface area contributed by atoms with E-state index < -0.39 is 11.7 Å². The molecule has 25 heavy (non-hydrogen) atoms. The van der Waals surface area contributed by atoms with E-state index in [2.05, 4.69) is 20.2 Å². The molecule has 0 saturated carbocycles. The van der Waals surface area contributed by atoms with Crippen molar-refractivity contribution in [3.63, 3.8) is 0 Å². The van der Waals surface area contributed by atoms with E-state index in [1.807, 2.05) is 32.4 Å². The molecular weight excluding hydrogens is 329 g/mol. The number of halogens is 3. The number of H-pyrrole nitrogens is 1. The Hall–Kier alpha value is -2.54. The highest BCUT2D eigenvalue weighted by Crippen LogP contribution is 2.35. The number of likely N-dealkylation sites (N-methyl/N-ethyl adjacent to an activating group) is 1. The van der Waals surface area contributed by atoms with E-state index in [0.29, 0.717) is 5.69 Å². The van der Waals surface area contributed by atoms with Crippen molar-refractivity contribution in [2.45, 2.75) is 12.6 Å². The maximum absolute atomic E-state index is 13.1.